The minimum Gasteiger partial charge on any atom is -0.339 e. The van der Waals surface area contributed by atoms with Crippen molar-refractivity contribution in [1.82, 2.24) is 25.0 Å². The van der Waals surface area contributed by atoms with E-state index in [1.807, 2.05) is 4.90 Å². The highest BCUT2D eigenvalue weighted by molar-refractivity contribution is 5.92. The van der Waals surface area contributed by atoms with Crippen molar-refractivity contribution in [3.8, 4) is 11.5 Å². The molecule has 3 aromatic rings. The molecular weight excluding hydrogens is 358 g/mol. The quantitative estimate of drug-likeness (QED) is 0.730. The molecule has 8 nitrogen and oxygen atoms in total. The van der Waals surface area contributed by atoms with E-state index in [0.717, 1.165) is 12.1 Å². The fraction of sp³-hybridized carbons (Fsp3) is 0.235. The molecule has 0 unspecified atom stereocenters. The summed E-state index contributed by atoms with van der Waals surface area (Å²) >= 11 is 0. The normalized spacial score (nSPS) is 14.7. The summed E-state index contributed by atoms with van der Waals surface area (Å²) in [6, 6.07) is 3.00. The molecule has 10 heteroatoms. The number of carbonyl (C=O) groups is 1. The average Bonchev–Trinajstić information content (AvgIpc) is 3.10. The summed E-state index contributed by atoms with van der Waals surface area (Å²) in [4.78, 5) is 26.2. The summed E-state index contributed by atoms with van der Waals surface area (Å²) in [5.74, 6) is -1.05. The van der Waals surface area contributed by atoms with Crippen molar-refractivity contribution >= 4 is 11.6 Å². The number of hydrogen-bond donors (Lipinski definition) is 1. The van der Waals surface area contributed by atoms with Crippen molar-refractivity contribution in [2.75, 3.05) is 25.0 Å². The fourth-order valence-electron chi connectivity index (χ4n) is 2.76. The predicted molar refractivity (Wildman–Crippen MR) is 89.5 cm³/mol. The minimum absolute atomic E-state index is 0.0123. The van der Waals surface area contributed by atoms with Crippen molar-refractivity contribution in [3.63, 3.8) is 0 Å². The maximum Gasteiger partial charge on any atom is 0.238 e. The van der Waals surface area contributed by atoms with Crippen molar-refractivity contribution < 1.29 is 18.1 Å². The van der Waals surface area contributed by atoms with E-state index in [4.69, 9.17) is 4.52 Å². The topological polar surface area (TPSA) is 97.0 Å². The van der Waals surface area contributed by atoms with E-state index in [9.17, 15) is 13.6 Å². The number of benzene rings is 1. The van der Waals surface area contributed by atoms with E-state index in [0.29, 0.717) is 30.5 Å². The van der Waals surface area contributed by atoms with Gasteiger partial charge in [0.1, 0.15) is 17.3 Å². The molecular formula is C17H14F2N6O2. The Kier molecular flexibility index (Phi) is 4.55. The Morgan fingerprint density at radius 2 is 2.15 bits per heavy atom. The van der Waals surface area contributed by atoms with Crippen LogP contribution in [0.2, 0.25) is 0 Å². The van der Waals surface area contributed by atoms with Gasteiger partial charge in [-0.2, -0.15) is 4.98 Å². The van der Waals surface area contributed by atoms with Crippen LogP contribution in [-0.4, -0.2) is 50.5 Å². The van der Waals surface area contributed by atoms with Gasteiger partial charge in [0.25, 0.3) is 0 Å². The standard InChI is InChI=1S/C17H14F2N6O2/c18-11-1-2-13(12(19)5-11)22-15(26)9-25-7-10(8-25)17-23-16(24-27-17)14-6-20-3-4-21-14/h1-6,10H,7-9H2,(H,22,26). The van der Waals surface area contributed by atoms with Gasteiger partial charge in [0.05, 0.1) is 24.3 Å². The molecule has 27 heavy (non-hydrogen) atoms. The highest BCUT2D eigenvalue weighted by Gasteiger charge is 2.33. The van der Waals surface area contributed by atoms with Crippen LogP contribution in [0, 0.1) is 11.6 Å². The van der Waals surface area contributed by atoms with E-state index < -0.39 is 11.6 Å². The SMILES string of the molecule is O=C(CN1CC(c2nc(-c3cnccn3)no2)C1)Nc1ccc(F)cc1F. The highest BCUT2D eigenvalue weighted by atomic mass is 19.1. The molecule has 0 spiro atoms. The zero-order valence-corrected chi connectivity index (χ0v) is 14.0. The van der Waals surface area contributed by atoms with Crippen LogP contribution in [0.5, 0.6) is 0 Å². The summed E-state index contributed by atoms with van der Waals surface area (Å²) in [5.41, 5.74) is 0.466. The smallest absolute Gasteiger partial charge is 0.238 e. The van der Waals surface area contributed by atoms with Crippen LogP contribution in [0.4, 0.5) is 14.5 Å². The summed E-state index contributed by atoms with van der Waals surface area (Å²) in [7, 11) is 0. The molecule has 1 aliphatic rings. The van der Waals surface area contributed by atoms with Gasteiger partial charge in [-0.15, -0.1) is 0 Å². The second-order valence-electron chi connectivity index (χ2n) is 6.11. The lowest BCUT2D eigenvalue weighted by Gasteiger charge is -2.36. The molecule has 0 saturated carbocycles. The van der Waals surface area contributed by atoms with E-state index in [1.54, 1.807) is 18.6 Å². The van der Waals surface area contributed by atoms with Crippen molar-refractivity contribution in [1.29, 1.82) is 0 Å². The average molecular weight is 372 g/mol. The molecule has 1 N–H and O–H groups in total. The van der Waals surface area contributed by atoms with E-state index in [2.05, 4.69) is 25.4 Å². The first-order valence-electron chi connectivity index (χ1n) is 8.16. The minimum atomic E-state index is -0.813. The van der Waals surface area contributed by atoms with Crippen molar-refractivity contribution in [3.05, 3.63) is 54.3 Å². The van der Waals surface area contributed by atoms with Crippen LogP contribution in [0.15, 0.2) is 41.3 Å². The number of halogens is 2. The molecule has 1 amide bonds. The Hall–Kier alpha value is -3.27. The number of aromatic nitrogens is 4. The van der Waals surface area contributed by atoms with E-state index in [1.165, 1.54) is 6.07 Å². The molecule has 3 heterocycles. The molecule has 0 bridgehead atoms. The maximum atomic E-state index is 13.6. The van der Waals surface area contributed by atoms with Gasteiger partial charge >= 0.3 is 0 Å². The molecule has 0 aliphatic carbocycles. The lowest BCUT2D eigenvalue weighted by molar-refractivity contribution is -0.118. The largest absolute Gasteiger partial charge is 0.339 e. The summed E-state index contributed by atoms with van der Waals surface area (Å²) in [6.45, 7) is 1.20. The molecule has 2 aromatic heterocycles. The summed E-state index contributed by atoms with van der Waals surface area (Å²) < 4.78 is 31.7. The third-order valence-electron chi connectivity index (χ3n) is 4.11. The number of rotatable bonds is 5. The Bertz CT molecular complexity index is 959. The van der Waals surface area contributed by atoms with Gasteiger partial charge in [-0.3, -0.25) is 14.7 Å². The Labute approximate surface area is 152 Å². The zero-order chi connectivity index (χ0) is 18.8. The molecule has 4 rings (SSSR count). The first-order valence-corrected chi connectivity index (χ1v) is 8.16. The molecule has 0 atom stereocenters. The van der Waals surface area contributed by atoms with Gasteiger partial charge in [-0.1, -0.05) is 5.16 Å². The number of anilines is 1. The second kappa shape index (κ2) is 7.16. The van der Waals surface area contributed by atoms with Gasteiger partial charge in [-0.25, -0.2) is 13.8 Å². The van der Waals surface area contributed by atoms with Crippen LogP contribution in [0.1, 0.15) is 11.8 Å². The number of nitrogens with one attached hydrogen (secondary N) is 1. The molecule has 1 fully saturated rings. The van der Waals surface area contributed by atoms with Gasteiger partial charge in [-0.05, 0) is 12.1 Å². The fourth-order valence-corrected chi connectivity index (χ4v) is 2.76. The van der Waals surface area contributed by atoms with Crippen LogP contribution in [-0.2, 0) is 4.79 Å². The molecule has 138 valence electrons. The number of carbonyl (C=O) groups excluding carboxylic acids is 1. The molecule has 1 aromatic carbocycles. The Morgan fingerprint density at radius 3 is 2.89 bits per heavy atom. The molecule has 1 aliphatic heterocycles. The van der Waals surface area contributed by atoms with Crippen LogP contribution in [0.3, 0.4) is 0 Å². The van der Waals surface area contributed by atoms with Gasteiger partial charge in [0.15, 0.2) is 0 Å². The second-order valence-corrected chi connectivity index (χ2v) is 6.11. The van der Waals surface area contributed by atoms with Crippen LogP contribution >= 0.6 is 0 Å². The van der Waals surface area contributed by atoms with E-state index in [-0.39, 0.29) is 24.1 Å². The lowest BCUT2D eigenvalue weighted by Crippen LogP contribution is -2.48. The van der Waals surface area contributed by atoms with Crippen LogP contribution < -0.4 is 5.32 Å². The molecule has 1 saturated heterocycles. The third kappa shape index (κ3) is 3.80. The predicted octanol–water partition coefficient (Wildman–Crippen LogP) is 1.84. The monoisotopic (exact) mass is 372 g/mol. The zero-order valence-electron chi connectivity index (χ0n) is 14.0. The van der Waals surface area contributed by atoms with Crippen molar-refractivity contribution in [2.45, 2.75) is 5.92 Å². The van der Waals surface area contributed by atoms with Crippen molar-refractivity contribution in [2.24, 2.45) is 0 Å². The number of amides is 1. The number of hydrogen-bond acceptors (Lipinski definition) is 7. The third-order valence-corrected chi connectivity index (χ3v) is 4.11. The molecule has 0 radical (unpaired) electrons. The van der Waals surface area contributed by atoms with E-state index >= 15 is 0 Å². The summed E-state index contributed by atoms with van der Waals surface area (Å²) in [6.07, 6.45) is 4.64. The van der Waals surface area contributed by atoms with Gasteiger partial charge in [0, 0.05) is 31.5 Å². The highest BCUT2D eigenvalue weighted by Crippen LogP contribution is 2.27. The van der Waals surface area contributed by atoms with Crippen LogP contribution in [0.25, 0.3) is 11.5 Å². The maximum absolute atomic E-state index is 13.6. The number of likely N-dealkylation sites (tertiary alicyclic amines) is 1. The number of nitrogens with zero attached hydrogens (tertiary/aromatic N) is 5. The van der Waals surface area contributed by atoms with Gasteiger partial charge in [0.2, 0.25) is 17.6 Å². The first-order chi connectivity index (χ1) is 13.1. The lowest BCUT2D eigenvalue weighted by atomic mass is 10.0. The first kappa shape index (κ1) is 17.2. The Morgan fingerprint density at radius 1 is 1.30 bits per heavy atom. The summed E-state index contributed by atoms with van der Waals surface area (Å²) in [5, 5.41) is 6.32. The van der Waals surface area contributed by atoms with Gasteiger partial charge < -0.3 is 9.84 Å². The Balaban J connectivity index is 1.30.